The van der Waals surface area contributed by atoms with E-state index in [2.05, 4.69) is 17.4 Å². The van der Waals surface area contributed by atoms with Crippen molar-refractivity contribution in [2.75, 3.05) is 24.7 Å². The number of carbonyl (C=O) groups excluding carboxylic acids is 2. The Balaban J connectivity index is 1.38. The van der Waals surface area contributed by atoms with Gasteiger partial charge in [-0.3, -0.25) is 4.79 Å². The maximum atomic E-state index is 12.7. The molecule has 4 rings (SSSR count). The van der Waals surface area contributed by atoms with Crippen molar-refractivity contribution in [3.05, 3.63) is 59.7 Å². The number of nitrogens with one attached hydrogen (secondary N) is 1. The number of aliphatic carboxylic acids is 1. The third-order valence-electron chi connectivity index (χ3n) is 5.75. The number of fused-ring (bicyclic) bond motifs is 3. The minimum Gasteiger partial charge on any atom is -0.480 e. The number of carboxylic acid groups (broad SMARTS) is 1. The molecule has 162 valence electrons. The van der Waals surface area contributed by atoms with Crippen LogP contribution in [0.15, 0.2) is 48.5 Å². The van der Waals surface area contributed by atoms with Crippen molar-refractivity contribution < 1.29 is 24.2 Å². The van der Waals surface area contributed by atoms with Gasteiger partial charge in [-0.25, -0.2) is 9.59 Å². The summed E-state index contributed by atoms with van der Waals surface area (Å²) in [7, 11) is 0. The molecule has 7 nitrogen and oxygen atoms in total. The number of alkyl carbamates (subject to hydrolysis) is 1. The molecule has 1 unspecified atom stereocenters. The summed E-state index contributed by atoms with van der Waals surface area (Å²) in [6, 6.07) is 14.4. The van der Waals surface area contributed by atoms with Crippen LogP contribution >= 0.6 is 11.8 Å². The van der Waals surface area contributed by atoms with Gasteiger partial charge >= 0.3 is 12.1 Å². The van der Waals surface area contributed by atoms with E-state index < -0.39 is 30.1 Å². The number of nitrogens with zero attached hydrogens (tertiary/aromatic N) is 1. The monoisotopic (exact) mass is 440 g/mol. The standard InChI is InChI=1S/C23H24N2O5S/c1-14(21(26)25-10-11-31-13-20(25)22(27)28)24-23(29)30-12-19-17-8-4-2-6-15(17)16-7-3-5-9-18(16)19/h2-9,14,19-20H,10-13H2,1H3,(H,24,29)(H,27,28)/t14-,20?/m0/s1. The van der Waals surface area contributed by atoms with Crippen LogP contribution in [0.1, 0.15) is 24.0 Å². The fourth-order valence-electron chi connectivity index (χ4n) is 4.20. The van der Waals surface area contributed by atoms with Crippen molar-refractivity contribution in [1.82, 2.24) is 10.2 Å². The van der Waals surface area contributed by atoms with Crippen LogP contribution < -0.4 is 5.32 Å². The molecule has 8 heteroatoms. The van der Waals surface area contributed by atoms with Crippen LogP contribution in [0.3, 0.4) is 0 Å². The molecule has 2 aromatic carbocycles. The first-order valence-electron chi connectivity index (χ1n) is 10.2. The summed E-state index contributed by atoms with van der Waals surface area (Å²) in [4.78, 5) is 37.9. The Labute approximate surface area is 184 Å². The molecule has 1 fully saturated rings. The van der Waals surface area contributed by atoms with E-state index in [0.717, 1.165) is 22.3 Å². The van der Waals surface area contributed by atoms with Crippen molar-refractivity contribution >= 4 is 29.7 Å². The van der Waals surface area contributed by atoms with Gasteiger partial charge in [-0.15, -0.1) is 0 Å². The van der Waals surface area contributed by atoms with Gasteiger partial charge in [0.15, 0.2) is 0 Å². The topological polar surface area (TPSA) is 95.9 Å². The molecule has 1 saturated heterocycles. The molecule has 2 atom stereocenters. The lowest BCUT2D eigenvalue weighted by molar-refractivity contribution is -0.149. The molecule has 2 aromatic rings. The Morgan fingerprint density at radius 2 is 1.74 bits per heavy atom. The Hall–Kier alpha value is -3.00. The summed E-state index contributed by atoms with van der Waals surface area (Å²) in [5, 5.41) is 11.9. The molecule has 0 radical (unpaired) electrons. The molecule has 2 N–H and O–H groups in total. The number of ether oxygens (including phenoxy) is 1. The van der Waals surface area contributed by atoms with E-state index in [-0.39, 0.29) is 12.5 Å². The maximum absolute atomic E-state index is 12.7. The minimum absolute atomic E-state index is 0.0698. The van der Waals surface area contributed by atoms with Crippen LogP contribution in [0.5, 0.6) is 0 Å². The van der Waals surface area contributed by atoms with Crippen LogP contribution in [0.4, 0.5) is 4.79 Å². The van der Waals surface area contributed by atoms with Crippen molar-refractivity contribution in [2.24, 2.45) is 0 Å². The highest BCUT2D eigenvalue weighted by Crippen LogP contribution is 2.44. The average molecular weight is 441 g/mol. The van der Waals surface area contributed by atoms with Crippen molar-refractivity contribution in [3.63, 3.8) is 0 Å². The van der Waals surface area contributed by atoms with Crippen LogP contribution in [0, 0.1) is 0 Å². The Morgan fingerprint density at radius 3 is 2.35 bits per heavy atom. The van der Waals surface area contributed by atoms with Crippen molar-refractivity contribution in [1.29, 1.82) is 0 Å². The number of hydrogen-bond donors (Lipinski definition) is 2. The molecule has 31 heavy (non-hydrogen) atoms. The third kappa shape index (κ3) is 4.25. The zero-order chi connectivity index (χ0) is 22.0. The van der Waals surface area contributed by atoms with E-state index in [0.29, 0.717) is 18.1 Å². The molecule has 2 aliphatic rings. The van der Waals surface area contributed by atoms with Gasteiger partial charge in [0.2, 0.25) is 5.91 Å². The second-order valence-electron chi connectivity index (χ2n) is 7.65. The molecule has 0 spiro atoms. The number of rotatable bonds is 5. The van der Waals surface area contributed by atoms with E-state index >= 15 is 0 Å². The highest BCUT2D eigenvalue weighted by molar-refractivity contribution is 7.99. The van der Waals surface area contributed by atoms with E-state index in [1.165, 1.54) is 16.7 Å². The SMILES string of the molecule is C[C@H](NC(=O)OCC1c2ccccc2-c2ccccc21)C(=O)N1CCSCC1C(=O)O. The number of thioether (sulfide) groups is 1. The van der Waals surface area contributed by atoms with Gasteiger partial charge in [0, 0.05) is 24.0 Å². The first-order chi connectivity index (χ1) is 15.0. The Kier molecular flexibility index (Phi) is 6.18. The Bertz CT molecular complexity index is 965. The van der Waals surface area contributed by atoms with Gasteiger partial charge in [0.25, 0.3) is 0 Å². The van der Waals surface area contributed by atoms with Crippen LogP contribution in [0.2, 0.25) is 0 Å². The van der Waals surface area contributed by atoms with Crippen LogP contribution in [0.25, 0.3) is 11.1 Å². The summed E-state index contributed by atoms with van der Waals surface area (Å²) in [6.07, 6.45) is -0.694. The van der Waals surface area contributed by atoms with Gasteiger partial charge in [-0.2, -0.15) is 11.8 Å². The van der Waals surface area contributed by atoms with Gasteiger partial charge in [0.1, 0.15) is 18.7 Å². The first kappa shape index (κ1) is 21.2. The maximum Gasteiger partial charge on any atom is 0.407 e. The summed E-state index contributed by atoms with van der Waals surface area (Å²) in [5.41, 5.74) is 4.49. The Morgan fingerprint density at radius 1 is 1.13 bits per heavy atom. The lowest BCUT2D eigenvalue weighted by Crippen LogP contribution is -2.56. The molecule has 0 bridgehead atoms. The zero-order valence-corrected chi connectivity index (χ0v) is 17.9. The smallest absolute Gasteiger partial charge is 0.407 e. The molecule has 1 aliphatic heterocycles. The zero-order valence-electron chi connectivity index (χ0n) is 17.1. The number of amides is 2. The number of hydrogen-bond acceptors (Lipinski definition) is 5. The molecule has 0 saturated carbocycles. The quantitative estimate of drug-likeness (QED) is 0.742. The summed E-state index contributed by atoms with van der Waals surface area (Å²) in [6.45, 7) is 2.04. The van der Waals surface area contributed by atoms with Gasteiger partial charge in [-0.1, -0.05) is 48.5 Å². The summed E-state index contributed by atoms with van der Waals surface area (Å²) in [5.74, 6) is -0.499. The van der Waals surface area contributed by atoms with Crippen LogP contribution in [-0.2, 0) is 14.3 Å². The normalized spacial score (nSPS) is 18.6. The fraction of sp³-hybridized carbons (Fsp3) is 0.348. The van der Waals surface area contributed by atoms with Crippen molar-refractivity contribution in [3.8, 4) is 11.1 Å². The van der Waals surface area contributed by atoms with Crippen molar-refractivity contribution in [2.45, 2.75) is 24.9 Å². The molecule has 1 heterocycles. The second-order valence-corrected chi connectivity index (χ2v) is 8.80. The largest absolute Gasteiger partial charge is 0.480 e. The molecule has 2 amide bonds. The van der Waals surface area contributed by atoms with Gasteiger partial charge < -0.3 is 20.1 Å². The van der Waals surface area contributed by atoms with E-state index in [1.807, 2.05) is 36.4 Å². The molecular formula is C23H24N2O5S. The molecule has 1 aliphatic carbocycles. The van der Waals surface area contributed by atoms with Gasteiger partial charge in [0.05, 0.1) is 0 Å². The number of carbonyl (C=O) groups is 3. The summed E-state index contributed by atoms with van der Waals surface area (Å²) < 4.78 is 5.48. The fourth-order valence-corrected chi connectivity index (χ4v) is 5.24. The highest BCUT2D eigenvalue weighted by Gasteiger charge is 2.35. The molecular weight excluding hydrogens is 416 g/mol. The number of benzene rings is 2. The average Bonchev–Trinajstić information content (AvgIpc) is 3.11. The van der Waals surface area contributed by atoms with Gasteiger partial charge in [-0.05, 0) is 29.2 Å². The van der Waals surface area contributed by atoms with Crippen LogP contribution in [-0.4, -0.2) is 64.7 Å². The highest BCUT2D eigenvalue weighted by atomic mass is 32.2. The second kappa shape index (κ2) is 9.01. The van der Waals surface area contributed by atoms with E-state index in [9.17, 15) is 19.5 Å². The number of carboxylic acids is 1. The van der Waals surface area contributed by atoms with E-state index in [1.54, 1.807) is 6.92 Å². The first-order valence-corrected chi connectivity index (χ1v) is 11.4. The van der Waals surface area contributed by atoms with E-state index in [4.69, 9.17) is 4.74 Å². The molecule has 0 aromatic heterocycles. The minimum atomic E-state index is -1.03. The lowest BCUT2D eigenvalue weighted by Gasteiger charge is -2.34. The predicted molar refractivity (Wildman–Crippen MR) is 118 cm³/mol. The third-order valence-corrected chi connectivity index (χ3v) is 6.77. The lowest BCUT2D eigenvalue weighted by atomic mass is 9.98. The predicted octanol–water partition coefficient (Wildman–Crippen LogP) is 2.94. The summed E-state index contributed by atoms with van der Waals surface area (Å²) >= 11 is 1.50.